The van der Waals surface area contributed by atoms with E-state index in [1.165, 1.54) is 5.56 Å². The van der Waals surface area contributed by atoms with Crippen LogP contribution in [0.3, 0.4) is 0 Å². The van der Waals surface area contributed by atoms with Crippen LogP contribution in [0.1, 0.15) is 16.7 Å². The average Bonchev–Trinajstić information content (AvgIpc) is 2.33. The maximum absolute atomic E-state index is 6.24. The second-order valence-electron chi connectivity index (χ2n) is 3.77. The van der Waals surface area contributed by atoms with Crippen LogP contribution in [-0.2, 0) is 0 Å². The lowest BCUT2D eigenvalue weighted by molar-refractivity contribution is 1.46. The minimum Gasteiger partial charge on any atom is -0.0837 e. The Morgan fingerprint density at radius 2 is 1.56 bits per heavy atom. The van der Waals surface area contributed by atoms with E-state index in [0.29, 0.717) is 0 Å². The highest BCUT2D eigenvalue weighted by atomic mass is 35.5. The van der Waals surface area contributed by atoms with E-state index in [2.05, 4.69) is 31.2 Å². The largest absolute Gasteiger partial charge is 0.0837 e. The molecule has 16 heavy (non-hydrogen) atoms. The van der Waals surface area contributed by atoms with Gasteiger partial charge in [-0.2, -0.15) is 0 Å². The lowest BCUT2D eigenvalue weighted by Crippen LogP contribution is -1.77. The molecule has 0 aromatic heterocycles. The highest BCUT2D eigenvalue weighted by Crippen LogP contribution is 2.21. The Kier molecular flexibility index (Phi) is 3.43. The van der Waals surface area contributed by atoms with Crippen molar-refractivity contribution in [3.05, 3.63) is 71.3 Å². The van der Waals surface area contributed by atoms with E-state index in [4.69, 9.17) is 11.6 Å². The normalized spacial score (nSPS) is 11.5. The first-order chi connectivity index (χ1) is 7.75. The van der Waals surface area contributed by atoms with Gasteiger partial charge in [0.15, 0.2) is 0 Å². The summed E-state index contributed by atoms with van der Waals surface area (Å²) >= 11 is 6.24. The van der Waals surface area contributed by atoms with E-state index >= 15 is 0 Å². The van der Waals surface area contributed by atoms with Crippen LogP contribution in [0, 0.1) is 6.92 Å². The quantitative estimate of drug-likeness (QED) is 0.652. The highest BCUT2D eigenvalue weighted by molar-refractivity contribution is 6.51. The molecule has 0 unspecified atom stereocenters. The van der Waals surface area contributed by atoms with Crippen LogP contribution in [0.15, 0.2) is 54.6 Å². The summed E-state index contributed by atoms with van der Waals surface area (Å²) in [5, 5.41) is 0.768. The fourth-order valence-electron chi connectivity index (χ4n) is 1.49. The summed E-state index contributed by atoms with van der Waals surface area (Å²) in [5.74, 6) is 0. The van der Waals surface area contributed by atoms with Crippen LogP contribution >= 0.6 is 11.6 Å². The Labute approximate surface area is 101 Å². The van der Waals surface area contributed by atoms with Gasteiger partial charge in [0.2, 0.25) is 0 Å². The molecule has 0 fully saturated rings. The molecule has 2 rings (SSSR count). The van der Waals surface area contributed by atoms with Crippen LogP contribution in [-0.4, -0.2) is 0 Å². The number of hydrogen-bond acceptors (Lipinski definition) is 0. The molecule has 0 radical (unpaired) electrons. The molecule has 2 aromatic rings. The van der Waals surface area contributed by atoms with Gasteiger partial charge in [-0.1, -0.05) is 71.8 Å². The Bertz CT molecular complexity index is 481. The minimum atomic E-state index is 0.768. The third-order valence-electron chi connectivity index (χ3n) is 2.42. The number of benzene rings is 2. The Morgan fingerprint density at radius 1 is 0.938 bits per heavy atom. The van der Waals surface area contributed by atoms with Gasteiger partial charge in [-0.3, -0.25) is 0 Å². The predicted molar refractivity (Wildman–Crippen MR) is 71.3 cm³/mol. The van der Waals surface area contributed by atoms with Crippen LogP contribution in [0.25, 0.3) is 11.1 Å². The molecule has 0 spiro atoms. The Balaban J connectivity index is 2.28. The van der Waals surface area contributed by atoms with Crippen LogP contribution in [0.2, 0.25) is 0 Å². The average molecular weight is 229 g/mol. The molecule has 0 aliphatic rings. The zero-order chi connectivity index (χ0) is 11.4. The minimum absolute atomic E-state index is 0.768. The van der Waals surface area contributed by atoms with Crippen molar-refractivity contribution in [3.63, 3.8) is 0 Å². The second-order valence-corrected chi connectivity index (χ2v) is 4.18. The van der Waals surface area contributed by atoms with E-state index in [9.17, 15) is 0 Å². The summed E-state index contributed by atoms with van der Waals surface area (Å²) in [6, 6.07) is 18.3. The number of aryl methyl sites for hydroxylation is 1. The summed E-state index contributed by atoms with van der Waals surface area (Å²) in [5.41, 5.74) is 3.43. The molecule has 0 aliphatic heterocycles. The third kappa shape index (κ3) is 2.74. The van der Waals surface area contributed by atoms with Crippen molar-refractivity contribution < 1.29 is 0 Å². The van der Waals surface area contributed by atoms with Gasteiger partial charge in [0, 0.05) is 5.03 Å². The molecule has 1 heteroatoms. The molecule has 0 nitrogen and oxygen atoms in total. The predicted octanol–water partition coefficient (Wildman–Crippen LogP) is 4.73. The topological polar surface area (TPSA) is 0 Å². The van der Waals surface area contributed by atoms with Gasteiger partial charge in [0.25, 0.3) is 0 Å². The van der Waals surface area contributed by atoms with Crippen LogP contribution < -0.4 is 0 Å². The third-order valence-corrected chi connectivity index (χ3v) is 2.75. The van der Waals surface area contributed by atoms with Gasteiger partial charge in [0.05, 0.1) is 0 Å². The molecule has 0 saturated carbocycles. The Morgan fingerprint density at radius 3 is 2.19 bits per heavy atom. The molecule has 0 atom stereocenters. The summed E-state index contributed by atoms with van der Waals surface area (Å²) in [6.45, 7) is 2.08. The SMILES string of the molecule is Cc1ccc(/C=C(/Cl)c2ccccc2)cc1. The molecule has 0 N–H and O–H groups in total. The molecule has 0 aliphatic carbocycles. The molecule has 0 amide bonds. The molecular formula is C15H13Cl. The standard InChI is InChI=1S/C15H13Cl/c1-12-7-9-13(10-8-12)11-15(16)14-5-3-2-4-6-14/h2-11H,1H3/b15-11+. The van der Waals surface area contributed by atoms with Crippen molar-refractivity contribution in [2.24, 2.45) is 0 Å². The van der Waals surface area contributed by atoms with Gasteiger partial charge in [-0.05, 0) is 24.1 Å². The molecule has 0 heterocycles. The lowest BCUT2D eigenvalue weighted by atomic mass is 10.1. The smallest absolute Gasteiger partial charge is 0.0484 e. The van der Waals surface area contributed by atoms with Gasteiger partial charge in [-0.25, -0.2) is 0 Å². The summed E-state index contributed by atoms with van der Waals surface area (Å²) in [7, 11) is 0. The first kappa shape index (κ1) is 11.0. The fraction of sp³-hybridized carbons (Fsp3) is 0.0667. The van der Waals surface area contributed by atoms with Gasteiger partial charge < -0.3 is 0 Å². The van der Waals surface area contributed by atoms with Crippen molar-refractivity contribution in [1.29, 1.82) is 0 Å². The summed E-state index contributed by atoms with van der Waals surface area (Å²) in [6.07, 6.45) is 1.98. The zero-order valence-electron chi connectivity index (χ0n) is 9.15. The van der Waals surface area contributed by atoms with Crippen molar-refractivity contribution in [2.75, 3.05) is 0 Å². The first-order valence-electron chi connectivity index (χ1n) is 5.25. The fourth-order valence-corrected chi connectivity index (χ4v) is 1.74. The van der Waals surface area contributed by atoms with Crippen molar-refractivity contribution in [1.82, 2.24) is 0 Å². The monoisotopic (exact) mass is 228 g/mol. The number of rotatable bonds is 2. The van der Waals surface area contributed by atoms with E-state index in [-0.39, 0.29) is 0 Å². The van der Waals surface area contributed by atoms with Crippen LogP contribution in [0.5, 0.6) is 0 Å². The number of hydrogen-bond donors (Lipinski definition) is 0. The van der Waals surface area contributed by atoms with Crippen LogP contribution in [0.4, 0.5) is 0 Å². The molecular weight excluding hydrogens is 216 g/mol. The lowest BCUT2D eigenvalue weighted by Gasteiger charge is -2.00. The first-order valence-corrected chi connectivity index (χ1v) is 5.63. The Hall–Kier alpha value is -1.53. The van der Waals surface area contributed by atoms with E-state index in [0.717, 1.165) is 16.2 Å². The van der Waals surface area contributed by atoms with Gasteiger partial charge in [-0.15, -0.1) is 0 Å². The molecule has 2 aromatic carbocycles. The summed E-state index contributed by atoms with van der Waals surface area (Å²) < 4.78 is 0. The van der Waals surface area contributed by atoms with E-state index in [1.807, 2.05) is 36.4 Å². The highest BCUT2D eigenvalue weighted by Gasteiger charge is 1.96. The van der Waals surface area contributed by atoms with E-state index < -0.39 is 0 Å². The van der Waals surface area contributed by atoms with Crippen molar-refractivity contribution in [3.8, 4) is 0 Å². The van der Waals surface area contributed by atoms with Crippen molar-refractivity contribution >= 4 is 22.7 Å². The molecule has 80 valence electrons. The second kappa shape index (κ2) is 5.00. The van der Waals surface area contributed by atoms with Gasteiger partial charge in [0.1, 0.15) is 0 Å². The van der Waals surface area contributed by atoms with E-state index in [1.54, 1.807) is 0 Å². The zero-order valence-corrected chi connectivity index (χ0v) is 9.91. The van der Waals surface area contributed by atoms with Gasteiger partial charge >= 0.3 is 0 Å². The maximum Gasteiger partial charge on any atom is 0.0484 e. The number of halogens is 1. The molecule has 0 saturated heterocycles. The maximum atomic E-state index is 6.24. The van der Waals surface area contributed by atoms with Crippen molar-refractivity contribution in [2.45, 2.75) is 6.92 Å². The summed E-state index contributed by atoms with van der Waals surface area (Å²) in [4.78, 5) is 0. The molecule has 0 bridgehead atoms.